The van der Waals surface area contributed by atoms with Crippen molar-refractivity contribution in [3.05, 3.63) is 52.6 Å². The van der Waals surface area contributed by atoms with Gasteiger partial charge in [0.05, 0.1) is 12.2 Å². The van der Waals surface area contributed by atoms with E-state index in [-0.39, 0.29) is 0 Å². The van der Waals surface area contributed by atoms with Crippen LogP contribution in [0.15, 0.2) is 45.5 Å². The van der Waals surface area contributed by atoms with Gasteiger partial charge in [-0.05, 0) is 31.6 Å². The third-order valence-corrected chi connectivity index (χ3v) is 4.54. The highest BCUT2D eigenvalue weighted by atomic mass is 32.2. The average molecular weight is 323 g/mol. The molecule has 3 heterocycles. The van der Waals surface area contributed by atoms with Gasteiger partial charge in [-0.25, -0.2) is 4.99 Å². The van der Waals surface area contributed by atoms with Crippen molar-refractivity contribution >= 4 is 31.0 Å². The van der Waals surface area contributed by atoms with E-state index in [4.69, 9.17) is 17.6 Å². The van der Waals surface area contributed by atoms with E-state index in [2.05, 4.69) is 23.0 Å². The van der Waals surface area contributed by atoms with E-state index >= 15 is 0 Å². The summed E-state index contributed by atoms with van der Waals surface area (Å²) < 4.78 is 5.78. The summed E-state index contributed by atoms with van der Waals surface area (Å²) in [5.41, 5.74) is 3.75. The van der Waals surface area contributed by atoms with E-state index < -0.39 is 0 Å². The Balaban J connectivity index is 1.96. The smallest absolute Gasteiger partial charge is 0.223 e. The minimum atomic E-state index is 0.551. The summed E-state index contributed by atoms with van der Waals surface area (Å²) in [5.74, 6) is 0.594. The lowest BCUT2D eigenvalue weighted by Gasteiger charge is -2.09. The minimum absolute atomic E-state index is 0.551. The molecule has 23 heavy (non-hydrogen) atoms. The Morgan fingerprint density at radius 2 is 2.26 bits per heavy atom. The Kier molecular flexibility index (Phi) is 4.91. The highest BCUT2D eigenvalue weighted by Crippen LogP contribution is 2.30. The van der Waals surface area contributed by atoms with Gasteiger partial charge >= 0.3 is 0 Å². The zero-order chi connectivity index (χ0) is 16.2. The fourth-order valence-corrected chi connectivity index (χ4v) is 3.32. The molecule has 1 N–H and O–H groups in total. The predicted molar refractivity (Wildman–Crippen MR) is 95.6 cm³/mol. The standard InChI is InChI=1S/C17H18BN3OS/c1-3-12-16(18)15-13(20-12)7-8-14(21-17(15)22-4-2)23-11-6-5-9-19-10-11/h5-6,8-10,20H,3-4,7H2,1-2H3. The van der Waals surface area contributed by atoms with E-state index in [9.17, 15) is 0 Å². The number of H-pyrrole nitrogens is 1. The van der Waals surface area contributed by atoms with Crippen LogP contribution in [-0.4, -0.2) is 30.3 Å². The Labute approximate surface area is 141 Å². The molecule has 0 spiro atoms. The Morgan fingerprint density at radius 1 is 1.39 bits per heavy atom. The summed E-state index contributed by atoms with van der Waals surface area (Å²) in [5, 5.41) is 0.892. The number of allylic oxidation sites excluding steroid dienone is 1. The van der Waals surface area contributed by atoms with Gasteiger partial charge in [0.1, 0.15) is 12.9 Å². The first-order valence-corrected chi connectivity index (χ1v) is 8.53. The van der Waals surface area contributed by atoms with Gasteiger partial charge in [0.15, 0.2) is 0 Å². The summed E-state index contributed by atoms with van der Waals surface area (Å²) in [6, 6.07) is 3.93. The quantitative estimate of drug-likeness (QED) is 0.880. The van der Waals surface area contributed by atoms with Gasteiger partial charge in [0, 0.05) is 35.1 Å². The second-order valence-corrected chi connectivity index (χ2v) is 6.21. The van der Waals surface area contributed by atoms with E-state index in [1.165, 1.54) is 0 Å². The zero-order valence-electron chi connectivity index (χ0n) is 13.3. The molecule has 0 saturated heterocycles. The van der Waals surface area contributed by atoms with Crippen molar-refractivity contribution in [1.29, 1.82) is 0 Å². The van der Waals surface area contributed by atoms with Crippen molar-refractivity contribution in [2.75, 3.05) is 6.61 Å². The Bertz CT molecular complexity index is 753. The van der Waals surface area contributed by atoms with Crippen LogP contribution in [0.5, 0.6) is 0 Å². The molecule has 0 unspecified atom stereocenters. The number of nitrogens with zero attached hydrogens (tertiary/aromatic N) is 2. The summed E-state index contributed by atoms with van der Waals surface area (Å²) in [4.78, 5) is 13.3. The SMILES string of the molecule is [B]c1c(CC)[nH]c2c1C(OCC)=NC(Sc1cccnc1)=CC2. The highest BCUT2D eigenvalue weighted by Gasteiger charge is 2.21. The molecule has 2 aromatic rings. The van der Waals surface area contributed by atoms with Crippen molar-refractivity contribution in [2.24, 2.45) is 4.99 Å². The van der Waals surface area contributed by atoms with Gasteiger partial charge in [0.2, 0.25) is 5.90 Å². The highest BCUT2D eigenvalue weighted by molar-refractivity contribution is 8.03. The van der Waals surface area contributed by atoms with Crippen LogP contribution < -0.4 is 5.46 Å². The van der Waals surface area contributed by atoms with Gasteiger partial charge in [-0.1, -0.05) is 24.1 Å². The van der Waals surface area contributed by atoms with Crippen LogP contribution in [0.25, 0.3) is 0 Å². The molecule has 3 rings (SSSR count). The van der Waals surface area contributed by atoms with Crippen LogP contribution in [0.1, 0.15) is 30.8 Å². The number of aromatic nitrogens is 2. The number of thioether (sulfide) groups is 1. The number of fused-ring (bicyclic) bond motifs is 1. The molecule has 2 aromatic heterocycles. The number of hydrogen-bond donors (Lipinski definition) is 1. The van der Waals surface area contributed by atoms with Crippen LogP contribution in [-0.2, 0) is 17.6 Å². The lowest BCUT2D eigenvalue weighted by Crippen LogP contribution is -2.19. The van der Waals surface area contributed by atoms with Crippen LogP contribution >= 0.6 is 11.8 Å². The number of nitrogens with one attached hydrogen (secondary N) is 1. The second-order valence-electron chi connectivity index (χ2n) is 5.11. The molecule has 0 aromatic carbocycles. The van der Waals surface area contributed by atoms with Crippen molar-refractivity contribution in [1.82, 2.24) is 9.97 Å². The number of aliphatic imine (C=N–C) groups is 1. The van der Waals surface area contributed by atoms with Gasteiger partial charge < -0.3 is 9.72 Å². The Morgan fingerprint density at radius 3 is 2.96 bits per heavy atom. The molecule has 0 amide bonds. The molecule has 0 atom stereocenters. The molecule has 1 aliphatic heterocycles. The number of aryl methyl sites for hydroxylation is 1. The van der Waals surface area contributed by atoms with E-state index in [1.807, 2.05) is 25.3 Å². The van der Waals surface area contributed by atoms with Crippen molar-refractivity contribution in [3.8, 4) is 0 Å². The molecular formula is C17H18BN3OS. The van der Waals surface area contributed by atoms with Crippen molar-refractivity contribution in [3.63, 3.8) is 0 Å². The van der Waals surface area contributed by atoms with Crippen LogP contribution in [0.3, 0.4) is 0 Å². The zero-order valence-corrected chi connectivity index (χ0v) is 14.1. The van der Waals surface area contributed by atoms with E-state index in [0.717, 1.165) is 45.2 Å². The maximum atomic E-state index is 6.29. The van der Waals surface area contributed by atoms with E-state index in [0.29, 0.717) is 12.5 Å². The van der Waals surface area contributed by atoms with Crippen LogP contribution in [0, 0.1) is 0 Å². The molecule has 0 fully saturated rings. The first kappa shape index (κ1) is 15.9. The Hall–Kier alpha value is -1.95. The van der Waals surface area contributed by atoms with Gasteiger partial charge in [-0.2, -0.15) is 0 Å². The van der Waals surface area contributed by atoms with Crippen molar-refractivity contribution in [2.45, 2.75) is 31.6 Å². The molecule has 2 radical (unpaired) electrons. The molecule has 116 valence electrons. The number of pyridine rings is 1. The lowest BCUT2D eigenvalue weighted by molar-refractivity contribution is 0.328. The molecular weight excluding hydrogens is 305 g/mol. The second kappa shape index (κ2) is 7.09. The number of ether oxygens (including phenoxy) is 1. The first-order chi connectivity index (χ1) is 11.2. The van der Waals surface area contributed by atoms with E-state index in [1.54, 1.807) is 18.0 Å². The largest absolute Gasteiger partial charge is 0.477 e. The maximum Gasteiger partial charge on any atom is 0.223 e. The topological polar surface area (TPSA) is 50.3 Å². The fraction of sp³-hybridized carbons (Fsp3) is 0.294. The normalized spacial score (nSPS) is 13.8. The molecule has 0 bridgehead atoms. The number of rotatable bonds is 4. The number of hydrogen-bond acceptors (Lipinski definition) is 4. The summed E-state index contributed by atoms with van der Waals surface area (Å²) in [6.45, 7) is 4.59. The molecule has 0 aliphatic carbocycles. The number of aromatic amines is 1. The predicted octanol–water partition coefficient (Wildman–Crippen LogP) is 2.74. The average Bonchev–Trinajstić information content (AvgIpc) is 2.78. The summed E-state index contributed by atoms with van der Waals surface area (Å²) in [6.07, 6.45) is 7.30. The first-order valence-electron chi connectivity index (χ1n) is 7.72. The third kappa shape index (κ3) is 3.37. The van der Waals surface area contributed by atoms with Crippen LogP contribution in [0.2, 0.25) is 0 Å². The van der Waals surface area contributed by atoms with Crippen molar-refractivity contribution < 1.29 is 4.74 Å². The fourth-order valence-electron chi connectivity index (χ4n) is 2.53. The molecule has 1 aliphatic rings. The van der Waals surface area contributed by atoms with Gasteiger partial charge in [-0.15, -0.1) is 0 Å². The maximum absolute atomic E-state index is 6.29. The molecule has 4 nitrogen and oxygen atoms in total. The monoisotopic (exact) mass is 323 g/mol. The van der Waals surface area contributed by atoms with Crippen LogP contribution in [0.4, 0.5) is 0 Å². The minimum Gasteiger partial charge on any atom is -0.477 e. The lowest BCUT2D eigenvalue weighted by atomic mass is 9.89. The van der Waals surface area contributed by atoms with Gasteiger partial charge in [-0.3, -0.25) is 4.98 Å². The summed E-state index contributed by atoms with van der Waals surface area (Å²) in [7, 11) is 6.29. The molecule has 0 saturated carbocycles. The third-order valence-electron chi connectivity index (χ3n) is 3.60. The van der Waals surface area contributed by atoms with Gasteiger partial charge in [0.25, 0.3) is 0 Å². The molecule has 6 heteroatoms. The summed E-state index contributed by atoms with van der Waals surface area (Å²) >= 11 is 1.57.